The molecule has 0 aliphatic carbocycles. The van der Waals surface area contributed by atoms with Crippen LogP contribution in [-0.2, 0) is 12.8 Å². The Labute approximate surface area is 145 Å². The minimum atomic E-state index is -0.112. The van der Waals surface area contributed by atoms with Gasteiger partial charge < -0.3 is 10.5 Å². The first-order chi connectivity index (χ1) is 10.0. The molecule has 1 atom stereocenters. The molecular weight excluding hydrogens is 417 g/mol. The van der Waals surface area contributed by atoms with Gasteiger partial charge in [-0.2, -0.15) is 0 Å². The third kappa shape index (κ3) is 3.29. The molecule has 0 radical (unpaired) electrons. The lowest BCUT2D eigenvalue weighted by atomic mass is 9.97. The summed E-state index contributed by atoms with van der Waals surface area (Å²) in [5.74, 6) is 0.961. The van der Waals surface area contributed by atoms with Gasteiger partial charge in [0.05, 0.1) is 6.61 Å². The van der Waals surface area contributed by atoms with Gasteiger partial charge in [0.1, 0.15) is 5.75 Å². The average molecular weight is 432 g/mol. The van der Waals surface area contributed by atoms with Gasteiger partial charge >= 0.3 is 0 Å². The van der Waals surface area contributed by atoms with Crippen LogP contribution in [0.25, 0.3) is 0 Å². The van der Waals surface area contributed by atoms with E-state index in [2.05, 4.69) is 31.9 Å². The SMILES string of the molecule is NC(Cc1cc(Cl)cc2c1OCC2)c1ccc(Br)cc1Br. The molecule has 2 aromatic rings. The molecule has 2 N–H and O–H groups in total. The Kier molecular flexibility index (Phi) is 4.60. The van der Waals surface area contributed by atoms with Gasteiger partial charge in [0.2, 0.25) is 0 Å². The first kappa shape index (κ1) is 15.3. The molecule has 0 aromatic heterocycles. The molecule has 1 aliphatic rings. The summed E-state index contributed by atoms with van der Waals surface area (Å²) < 4.78 is 7.77. The smallest absolute Gasteiger partial charge is 0.125 e. The molecule has 3 rings (SSSR count). The maximum absolute atomic E-state index is 6.38. The van der Waals surface area contributed by atoms with Crippen molar-refractivity contribution in [2.75, 3.05) is 6.61 Å². The van der Waals surface area contributed by atoms with Gasteiger partial charge in [0.25, 0.3) is 0 Å². The quantitative estimate of drug-likeness (QED) is 0.739. The Morgan fingerprint density at radius 2 is 2.05 bits per heavy atom. The van der Waals surface area contributed by atoms with Crippen molar-refractivity contribution in [1.29, 1.82) is 0 Å². The van der Waals surface area contributed by atoms with E-state index in [1.54, 1.807) is 0 Å². The standard InChI is InChI=1S/C16H14Br2ClNO/c17-11-1-2-13(14(18)8-11)15(20)7-10-6-12(19)5-9-3-4-21-16(9)10/h1-2,5-6,8,15H,3-4,7,20H2. The number of halogens is 3. The molecule has 110 valence electrons. The number of rotatable bonds is 3. The Morgan fingerprint density at radius 1 is 1.24 bits per heavy atom. The average Bonchev–Trinajstić information content (AvgIpc) is 2.86. The van der Waals surface area contributed by atoms with Gasteiger partial charge in [-0.05, 0) is 47.4 Å². The summed E-state index contributed by atoms with van der Waals surface area (Å²) in [5.41, 5.74) is 9.71. The van der Waals surface area contributed by atoms with E-state index in [4.69, 9.17) is 22.1 Å². The van der Waals surface area contributed by atoms with Crippen molar-refractivity contribution >= 4 is 43.5 Å². The van der Waals surface area contributed by atoms with Crippen molar-refractivity contribution < 1.29 is 4.74 Å². The third-order valence-electron chi connectivity index (χ3n) is 3.63. The summed E-state index contributed by atoms with van der Waals surface area (Å²) in [5, 5.41) is 0.747. The molecule has 1 unspecified atom stereocenters. The fraction of sp³-hybridized carbons (Fsp3) is 0.250. The van der Waals surface area contributed by atoms with Gasteiger partial charge in [0.15, 0.2) is 0 Å². The van der Waals surface area contributed by atoms with Crippen LogP contribution in [0.4, 0.5) is 0 Å². The van der Waals surface area contributed by atoms with E-state index in [1.165, 1.54) is 5.56 Å². The highest BCUT2D eigenvalue weighted by molar-refractivity contribution is 9.11. The molecule has 5 heteroatoms. The minimum Gasteiger partial charge on any atom is -0.493 e. The molecule has 0 saturated heterocycles. The van der Waals surface area contributed by atoms with Gasteiger partial charge in [-0.3, -0.25) is 0 Å². The lowest BCUT2D eigenvalue weighted by molar-refractivity contribution is 0.352. The van der Waals surface area contributed by atoms with E-state index in [1.807, 2.05) is 30.3 Å². The van der Waals surface area contributed by atoms with Crippen LogP contribution in [0.15, 0.2) is 39.3 Å². The van der Waals surface area contributed by atoms with E-state index in [0.717, 1.165) is 43.9 Å². The van der Waals surface area contributed by atoms with Gasteiger partial charge in [-0.1, -0.05) is 49.5 Å². The summed E-state index contributed by atoms with van der Waals surface area (Å²) in [6.45, 7) is 0.722. The summed E-state index contributed by atoms with van der Waals surface area (Å²) >= 11 is 13.2. The summed E-state index contributed by atoms with van der Waals surface area (Å²) in [4.78, 5) is 0. The largest absolute Gasteiger partial charge is 0.493 e. The molecule has 2 aromatic carbocycles. The molecule has 0 spiro atoms. The van der Waals surface area contributed by atoms with Crippen molar-refractivity contribution in [3.05, 3.63) is 61.0 Å². The second-order valence-electron chi connectivity index (χ2n) is 5.13. The molecule has 0 saturated carbocycles. The highest BCUT2D eigenvalue weighted by Crippen LogP contribution is 2.36. The van der Waals surface area contributed by atoms with E-state index < -0.39 is 0 Å². The van der Waals surface area contributed by atoms with Crippen LogP contribution in [0.2, 0.25) is 5.02 Å². The number of hydrogen-bond donors (Lipinski definition) is 1. The number of ether oxygens (including phenoxy) is 1. The minimum absolute atomic E-state index is 0.112. The number of nitrogens with two attached hydrogens (primary N) is 1. The fourth-order valence-electron chi connectivity index (χ4n) is 2.65. The van der Waals surface area contributed by atoms with Crippen LogP contribution in [-0.4, -0.2) is 6.61 Å². The molecule has 1 heterocycles. The highest BCUT2D eigenvalue weighted by Gasteiger charge is 2.20. The normalized spacial score (nSPS) is 14.7. The number of hydrogen-bond acceptors (Lipinski definition) is 2. The maximum Gasteiger partial charge on any atom is 0.125 e. The van der Waals surface area contributed by atoms with E-state index in [9.17, 15) is 0 Å². The lowest BCUT2D eigenvalue weighted by Crippen LogP contribution is -2.14. The molecular formula is C16H14Br2ClNO. The molecule has 0 bridgehead atoms. The van der Waals surface area contributed by atoms with Crippen LogP contribution in [0.3, 0.4) is 0 Å². The Balaban J connectivity index is 1.90. The summed E-state index contributed by atoms with van der Waals surface area (Å²) in [6, 6.07) is 9.86. The van der Waals surface area contributed by atoms with Crippen molar-refractivity contribution in [2.24, 2.45) is 5.73 Å². The second-order valence-corrected chi connectivity index (χ2v) is 7.33. The first-order valence-corrected chi connectivity index (χ1v) is 8.65. The van der Waals surface area contributed by atoms with Crippen molar-refractivity contribution in [3.8, 4) is 5.75 Å². The van der Waals surface area contributed by atoms with E-state index in [0.29, 0.717) is 6.42 Å². The summed E-state index contributed by atoms with van der Waals surface area (Å²) in [7, 11) is 0. The molecule has 0 fully saturated rings. The second kappa shape index (κ2) is 6.29. The third-order valence-corrected chi connectivity index (χ3v) is 5.03. The van der Waals surface area contributed by atoms with Crippen LogP contribution in [0, 0.1) is 0 Å². The first-order valence-electron chi connectivity index (χ1n) is 6.69. The van der Waals surface area contributed by atoms with Crippen LogP contribution < -0.4 is 10.5 Å². The monoisotopic (exact) mass is 429 g/mol. The Bertz CT molecular complexity index is 690. The van der Waals surface area contributed by atoms with Crippen LogP contribution in [0.5, 0.6) is 5.75 Å². The topological polar surface area (TPSA) is 35.2 Å². The predicted molar refractivity (Wildman–Crippen MR) is 93.1 cm³/mol. The van der Waals surface area contributed by atoms with Crippen molar-refractivity contribution in [3.63, 3.8) is 0 Å². The van der Waals surface area contributed by atoms with Crippen LogP contribution >= 0.6 is 43.5 Å². The highest BCUT2D eigenvalue weighted by atomic mass is 79.9. The number of fused-ring (bicyclic) bond motifs is 1. The zero-order chi connectivity index (χ0) is 15.0. The predicted octanol–water partition coefficient (Wildman–Crippen LogP) is 5.04. The molecule has 21 heavy (non-hydrogen) atoms. The molecule has 0 amide bonds. The Hall–Kier alpha value is -0.550. The summed E-state index contributed by atoms with van der Waals surface area (Å²) in [6.07, 6.45) is 1.61. The van der Waals surface area contributed by atoms with Crippen LogP contribution in [0.1, 0.15) is 22.7 Å². The van der Waals surface area contributed by atoms with Gasteiger partial charge in [-0.25, -0.2) is 0 Å². The zero-order valence-electron chi connectivity index (χ0n) is 11.2. The maximum atomic E-state index is 6.38. The van der Waals surface area contributed by atoms with Crippen molar-refractivity contribution in [2.45, 2.75) is 18.9 Å². The van der Waals surface area contributed by atoms with E-state index in [-0.39, 0.29) is 6.04 Å². The Morgan fingerprint density at radius 3 is 2.81 bits per heavy atom. The van der Waals surface area contributed by atoms with Gasteiger partial charge in [0, 0.05) is 26.4 Å². The zero-order valence-corrected chi connectivity index (χ0v) is 15.1. The van der Waals surface area contributed by atoms with Gasteiger partial charge in [-0.15, -0.1) is 0 Å². The molecule has 1 aliphatic heterocycles. The van der Waals surface area contributed by atoms with E-state index >= 15 is 0 Å². The fourth-order valence-corrected chi connectivity index (χ4v) is 4.25. The lowest BCUT2D eigenvalue weighted by Gasteiger charge is -2.16. The number of benzene rings is 2. The van der Waals surface area contributed by atoms with Crippen molar-refractivity contribution in [1.82, 2.24) is 0 Å². The molecule has 2 nitrogen and oxygen atoms in total.